The monoisotopic (exact) mass is 362 g/mol. The van der Waals surface area contributed by atoms with Gasteiger partial charge in [-0.2, -0.15) is 0 Å². The Morgan fingerprint density at radius 3 is 1.52 bits per heavy atom. The zero-order chi connectivity index (χ0) is 15.3. The first-order valence-electron chi connectivity index (χ1n) is 8.89. The summed E-state index contributed by atoms with van der Waals surface area (Å²) in [6.07, 6.45) is 17.8. The fourth-order valence-electron chi connectivity index (χ4n) is 4.24. The van der Waals surface area contributed by atoms with Gasteiger partial charge in [-0.05, 0) is 0 Å². The van der Waals surface area contributed by atoms with Gasteiger partial charge in [-0.3, -0.25) is 0 Å². The molecule has 0 N–H and O–H groups in total. The summed E-state index contributed by atoms with van der Waals surface area (Å²) in [5, 5.41) is 0. The molecule has 0 bridgehead atoms. The van der Waals surface area contributed by atoms with Crippen LogP contribution < -0.4 is 0 Å². The Morgan fingerprint density at radius 1 is 0.810 bits per heavy atom. The molecule has 0 amide bonds. The molecule has 0 heterocycles. The van der Waals surface area contributed by atoms with Crippen LogP contribution in [0.5, 0.6) is 0 Å². The van der Waals surface area contributed by atoms with E-state index in [1.165, 1.54) is 38.5 Å². The Hall–Kier alpha value is -0.157. The number of rotatable bonds is 8. The van der Waals surface area contributed by atoms with Crippen molar-refractivity contribution >= 4 is 0 Å². The van der Waals surface area contributed by atoms with E-state index in [1.807, 2.05) is 6.56 Å². The molecule has 2 aliphatic rings. The predicted molar refractivity (Wildman–Crippen MR) is 92.3 cm³/mol. The minimum atomic E-state index is -2.39. The molecule has 0 atom stereocenters. The summed E-state index contributed by atoms with van der Waals surface area (Å²) in [7, 11) is 0. The average molecular weight is 364 g/mol. The number of unbranched alkanes of at least 4 members (excludes halogenated alkanes) is 2. The first-order valence-corrected chi connectivity index (χ1v) is 14.8. The van der Waals surface area contributed by atoms with Crippen LogP contribution in [0.15, 0.2) is 42.0 Å². The summed E-state index contributed by atoms with van der Waals surface area (Å²) in [6.45, 7) is 9.47. The standard InChI is InChI=1S/2C6H7.2C4H9.Zr/c2*1-6-4-2-3-5-6;2*1-3-4-2;/h2*2,4H,3H2,1H3;2*1,3-4H2,2H3;. The molecule has 21 heavy (non-hydrogen) atoms. The van der Waals surface area contributed by atoms with E-state index < -0.39 is 20.3 Å². The van der Waals surface area contributed by atoms with Crippen LogP contribution in [0.25, 0.3) is 0 Å². The summed E-state index contributed by atoms with van der Waals surface area (Å²) in [6, 6.07) is 0. The van der Waals surface area contributed by atoms with E-state index in [0.717, 1.165) is 0 Å². The molecule has 0 nitrogen and oxygen atoms in total. The third kappa shape index (κ3) is 3.61. The van der Waals surface area contributed by atoms with Crippen molar-refractivity contribution in [2.75, 3.05) is 0 Å². The summed E-state index contributed by atoms with van der Waals surface area (Å²) in [5.41, 5.74) is 3.26. The molecule has 1 heteroatoms. The van der Waals surface area contributed by atoms with Gasteiger partial charge in [0.25, 0.3) is 0 Å². The van der Waals surface area contributed by atoms with Crippen LogP contribution in [-0.2, 0) is 20.3 Å². The van der Waals surface area contributed by atoms with Gasteiger partial charge in [-0.15, -0.1) is 0 Å². The molecule has 0 spiro atoms. The number of allylic oxidation sites excluding steroid dienone is 8. The molecule has 0 aliphatic heterocycles. The Kier molecular flexibility index (Phi) is 6.48. The molecule has 0 unspecified atom stereocenters. The van der Waals surface area contributed by atoms with E-state index in [0.29, 0.717) is 0 Å². The van der Waals surface area contributed by atoms with E-state index in [1.54, 1.807) is 19.4 Å². The molecule has 0 aromatic heterocycles. The normalized spacial score (nSPS) is 18.5. The van der Waals surface area contributed by atoms with Crippen molar-refractivity contribution in [2.45, 2.75) is 74.5 Å². The molecule has 2 aliphatic carbocycles. The van der Waals surface area contributed by atoms with Crippen molar-refractivity contribution in [3.8, 4) is 0 Å². The van der Waals surface area contributed by atoms with E-state index in [4.69, 9.17) is 0 Å². The van der Waals surface area contributed by atoms with Gasteiger partial charge in [-0.1, -0.05) is 0 Å². The van der Waals surface area contributed by atoms with Crippen LogP contribution in [0.2, 0.25) is 8.26 Å². The van der Waals surface area contributed by atoms with Gasteiger partial charge in [0.15, 0.2) is 0 Å². The number of hydrogen-bond donors (Lipinski definition) is 0. The third-order valence-corrected chi connectivity index (χ3v) is 20.0. The predicted octanol–water partition coefficient (Wildman–Crippen LogP) is 7.04. The Labute approximate surface area is 136 Å². The summed E-state index contributed by atoms with van der Waals surface area (Å²) < 4.78 is 6.97. The molecular formula is C20H32Zr. The maximum atomic E-state index is 2.42. The summed E-state index contributed by atoms with van der Waals surface area (Å²) in [5.74, 6) is 0. The molecule has 116 valence electrons. The topological polar surface area (TPSA) is 0 Å². The van der Waals surface area contributed by atoms with Crippen LogP contribution in [0, 0.1) is 0 Å². The second-order valence-corrected chi connectivity index (χ2v) is 17.6. The molecule has 0 radical (unpaired) electrons. The maximum absolute atomic E-state index is 2.42. The Morgan fingerprint density at radius 2 is 1.24 bits per heavy atom. The third-order valence-electron chi connectivity index (χ3n) is 5.40. The minimum absolute atomic E-state index is 1.27. The fourth-order valence-corrected chi connectivity index (χ4v) is 20.0. The van der Waals surface area contributed by atoms with Gasteiger partial charge in [-0.25, -0.2) is 0 Å². The molecule has 0 aromatic carbocycles. The summed E-state index contributed by atoms with van der Waals surface area (Å²) in [4.78, 5) is 0. The quantitative estimate of drug-likeness (QED) is 0.433. The van der Waals surface area contributed by atoms with Crippen molar-refractivity contribution in [1.29, 1.82) is 0 Å². The Bertz CT molecular complexity index is 442. The van der Waals surface area contributed by atoms with Gasteiger partial charge < -0.3 is 0 Å². The fraction of sp³-hybridized carbons (Fsp3) is 0.600. The second kappa shape index (κ2) is 7.91. The van der Waals surface area contributed by atoms with Crippen molar-refractivity contribution < 1.29 is 20.3 Å². The van der Waals surface area contributed by atoms with Crippen LogP contribution >= 0.6 is 0 Å². The second-order valence-electron chi connectivity index (χ2n) is 6.83. The van der Waals surface area contributed by atoms with E-state index in [2.05, 4.69) is 52.0 Å². The summed E-state index contributed by atoms with van der Waals surface area (Å²) >= 11 is -2.39. The van der Waals surface area contributed by atoms with Gasteiger partial charge >= 0.3 is 137 Å². The molecule has 0 saturated carbocycles. The van der Waals surface area contributed by atoms with Gasteiger partial charge in [0.2, 0.25) is 0 Å². The molecule has 2 rings (SSSR count). The van der Waals surface area contributed by atoms with E-state index in [-0.39, 0.29) is 0 Å². The average Bonchev–Trinajstić information content (AvgIpc) is 3.09. The molecule has 0 saturated heterocycles. The Balaban J connectivity index is 2.43. The van der Waals surface area contributed by atoms with Crippen molar-refractivity contribution in [1.82, 2.24) is 0 Å². The van der Waals surface area contributed by atoms with Gasteiger partial charge in [0.1, 0.15) is 0 Å². The van der Waals surface area contributed by atoms with Crippen LogP contribution in [0.1, 0.15) is 66.2 Å². The molecule has 0 aromatic rings. The molecular weight excluding hydrogens is 331 g/mol. The van der Waals surface area contributed by atoms with Crippen molar-refractivity contribution in [2.24, 2.45) is 0 Å². The van der Waals surface area contributed by atoms with Gasteiger partial charge in [0, 0.05) is 0 Å². The SMILES string of the molecule is CCC[CH2][Zr]([CH2]CCC)([C]1=C(C)C=CC1)[C]1=C(C)C=CC1. The van der Waals surface area contributed by atoms with Gasteiger partial charge in [0.05, 0.1) is 0 Å². The zero-order valence-corrected chi connectivity index (χ0v) is 16.9. The van der Waals surface area contributed by atoms with Crippen LogP contribution in [0.4, 0.5) is 0 Å². The number of hydrogen-bond acceptors (Lipinski definition) is 0. The first kappa shape index (κ1) is 17.2. The van der Waals surface area contributed by atoms with E-state index in [9.17, 15) is 0 Å². The van der Waals surface area contributed by atoms with Crippen LogP contribution in [0.3, 0.4) is 0 Å². The molecule has 0 fully saturated rings. The van der Waals surface area contributed by atoms with Crippen LogP contribution in [-0.4, -0.2) is 0 Å². The van der Waals surface area contributed by atoms with E-state index >= 15 is 0 Å². The zero-order valence-electron chi connectivity index (χ0n) is 14.5. The van der Waals surface area contributed by atoms with Crippen molar-refractivity contribution in [3.05, 3.63) is 42.0 Å². The van der Waals surface area contributed by atoms with Crippen molar-refractivity contribution in [3.63, 3.8) is 0 Å². The first-order chi connectivity index (χ1) is 10.2.